The highest BCUT2D eigenvalue weighted by Crippen LogP contribution is 2.33. The number of methoxy groups -OCH3 is 1. The molecule has 0 amide bonds. The largest absolute Gasteiger partial charge is 0.493 e. The van der Waals surface area contributed by atoms with Gasteiger partial charge >= 0.3 is 0 Å². The minimum Gasteiger partial charge on any atom is -0.493 e. The summed E-state index contributed by atoms with van der Waals surface area (Å²) in [4.78, 5) is 10.0. The van der Waals surface area contributed by atoms with Crippen molar-refractivity contribution < 1.29 is 9.47 Å². The van der Waals surface area contributed by atoms with E-state index in [2.05, 4.69) is 47.9 Å². The van der Waals surface area contributed by atoms with Crippen molar-refractivity contribution in [2.24, 2.45) is 0 Å². The van der Waals surface area contributed by atoms with Crippen molar-refractivity contribution >= 4 is 33.1 Å². The normalized spacial score (nSPS) is 11.4. The van der Waals surface area contributed by atoms with Crippen LogP contribution in [0.1, 0.15) is 16.7 Å². The summed E-state index contributed by atoms with van der Waals surface area (Å²) in [5, 5.41) is 1.12. The number of aromatic nitrogens is 3. The highest BCUT2D eigenvalue weighted by molar-refractivity contribution is 6.07. The van der Waals surface area contributed by atoms with Crippen LogP contribution in [0.2, 0.25) is 0 Å². The summed E-state index contributed by atoms with van der Waals surface area (Å²) in [6, 6.07) is 30.6. The van der Waals surface area contributed by atoms with Crippen molar-refractivity contribution in [3.05, 3.63) is 108 Å². The summed E-state index contributed by atoms with van der Waals surface area (Å²) >= 11 is 0. The van der Waals surface area contributed by atoms with Gasteiger partial charge in [0.2, 0.25) is 0 Å². The van der Waals surface area contributed by atoms with E-state index in [1.54, 1.807) is 7.11 Å². The van der Waals surface area contributed by atoms with Crippen LogP contribution in [-0.2, 0) is 13.2 Å². The van der Waals surface area contributed by atoms with Crippen LogP contribution in [0.3, 0.4) is 0 Å². The van der Waals surface area contributed by atoms with Crippen LogP contribution in [0, 0.1) is 6.92 Å². The van der Waals surface area contributed by atoms with E-state index in [-0.39, 0.29) is 0 Å². The van der Waals surface area contributed by atoms with E-state index in [4.69, 9.17) is 19.4 Å². The molecule has 0 radical (unpaired) electrons. The minimum atomic E-state index is 0.491. The molecule has 4 aromatic carbocycles. The first-order valence-corrected chi connectivity index (χ1v) is 11.7. The van der Waals surface area contributed by atoms with Gasteiger partial charge in [0.15, 0.2) is 17.1 Å². The number of aryl methyl sites for hydroxylation is 1. The first kappa shape index (κ1) is 21.2. The van der Waals surface area contributed by atoms with Gasteiger partial charge in [0.1, 0.15) is 12.1 Å². The number of fused-ring (bicyclic) bond motifs is 4. The van der Waals surface area contributed by atoms with E-state index in [9.17, 15) is 0 Å². The van der Waals surface area contributed by atoms with Crippen LogP contribution >= 0.6 is 0 Å². The smallest absolute Gasteiger partial charge is 0.161 e. The van der Waals surface area contributed by atoms with Crippen molar-refractivity contribution in [3.63, 3.8) is 0 Å². The summed E-state index contributed by atoms with van der Waals surface area (Å²) in [6.45, 7) is 3.27. The van der Waals surface area contributed by atoms with Gasteiger partial charge in [0.05, 0.1) is 23.7 Å². The Morgan fingerprint density at radius 3 is 2.31 bits per heavy atom. The van der Waals surface area contributed by atoms with E-state index >= 15 is 0 Å². The first-order chi connectivity index (χ1) is 17.2. The number of para-hydroxylation sites is 3. The molecule has 0 aliphatic rings. The zero-order valence-corrected chi connectivity index (χ0v) is 19.7. The molecular weight excluding hydrogens is 434 g/mol. The first-order valence-electron chi connectivity index (χ1n) is 11.7. The fraction of sp³-hybridized carbons (Fsp3) is 0.133. The predicted octanol–water partition coefficient (Wildman–Crippen LogP) is 6.68. The van der Waals surface area contributed by atoms with Crippen LogP contribution in [0.15, 0.2) is 91.0 Å². The lowest BCUT2D eigenvalue weighted by Crippen LogP contribution is -2.03. The van der Waals surface area contributed by atoms with Gasteiger partial charge in [-0.25, -0.2) is 9.97 Å². The molecule has 0 saturated heterocycles. The number of hydrogen-bond donors (Lipinski definition) is 0. The van der Waals surface area contributed by atoms with Crippen molar-refractivity contribution in [1.82, 2.24) is 14.5 Å². The second-order valence-corrected chi connectivity index (χ2v) is 8.70. The molecule has 5 nitrogen and oxygen atoms in total. The summed E-state index contributed by atoms with van der Waals surface area (Å²) in [5.41, 5.74) is 8.18. The van der Waals surface area contributed by atoms with Crippen molar-refractivity contribution in [2.75, 3.05) is 7.11 Å². The summed E-state index contributed by atoms with van der Waals surface area (Å²) in [7, 11) is 1.68. The molecule has 0 aliphatic carbocycles. The summed E-state index contributed by atoms with van der Waals surface area (Å²) < 4.78 is 14.0. The number of hydrogen-bond acceptors (Lipinski definition) is 4. The average Bonchev–Trinajstić information content (AvgIpc) is 3.20. The van der Waals surface area contributed by atoms with Crippen molar-refractivity contribution in [3.8, 4) is 11.5 Å². The summed E-state index contributed by atoms with van der Waals surface area (Å²) in [6.07, 6.45) is 0. The van der Waals surface area contributed by atoms with Crippen LogP contribution < -0.4 is 9.47 Å². The third-order valence-corrected chi connectivity index (χ3v) is 6.38. The van der Waals surface area contributed by atoms with Gasteiger partial charge < -0.3 is 14.0 Å². The van der Waals surface area contributed by atoms with E-state index in [1.807, 2.05) is 54.6 Å². The number of benzene rings is 4. The van der Waals surface area contributed by atoms with Gasteiger partial charge in [-0.15, -0.1) is 0 Å². The highest BCUT2D eigenvalue weighted by atomic mass is 16.5. The van der Waals surface area contributed by atoms with Gasteiger partial charge in [-0.05, 0) is 47.9 Å². The van der Waals surface area contributed by atoms with E-state index < -0.39 is 0 Å². The molecule has 0 N–H and O–H groups in total. The fourth-order valence-electron chi connectivity index (χ4n) is 4.68. The minimum absolute atomic E-state index is 0.491. The van der Waals surface area contributed by atoms with Crippen LogP contribution in [0.25, 0.3) is 33.1 Å². The van der Waals surface area contributed by atoms with Crippen molar-refractivity contribution in [1.29, 1.82) is 0 Å². The zero-order valence-electron chi connectivity index (χ0n) is 19.7. The Balaban J connectivity index is 1.42. The lowest BCUT2D eigenvalue weighted by atomic mass is 10.1. The molecule has 0 atom stereocenters. The molecule has 2 aromatic heterocycles. The average molecular weight is 460 g/mol. The van der Waals surface area contributed by atoms with Gasteiger partial charge in [-0.2, -0.15) is 0 Å². The van der Waals surface area contributed by atoms with E-state index in [1.165, 1.54) is 5.56 Å². The molecule has 5 heteroatoms. The molecule has 0 aliphatic heterocycles. The Hall–Kier alpha value is -4.38. The molecule has 0 fully saturated rings. The highest BCUT2D eigenvalue weighted by Gasteiger charge is 2.17. The number of ether oxygens (including phenoxy) is 2. The molecule has 0 spiro atoms. The molecule has 172 valence electrons. The quantitative estimate of drug-likeness (QED) is 0.279. The predicted molar refractivity (Wildman–Crippen MR) is 140 cm³/mol. The molecule has 0 saturated carbocycles. The lowest BCUT2D eigenvalue weighted by molar-refractivity contribution is 0.284. The van der Waals surface area contributed by atoms with Crippen molar-refractivity contribution in [2.45, 2.75) is 20.1 Å². The maximum atomic E-state index is 6.06. The molecule has 0 bridgehead atoms. The monoisotopic (exact) mass is 459 g/mol. The Kier molecular flexibility index (Phi) is 5.30. The third-order valence-electron chi connectivity index (χ3n) is 6.38. The summed E-state index contributed by atoms with van der Waals surface area (Å²) in [5.74, 6) is 1.44. The topological polar surface area (TPSA) is 49.2 Å². The molecule has 6 aromatic rings. The second kappa shape index (κ2) is 8.76. The Bertz CT molecular complexity index is 1670. The Labute approximate surface area is 203 Å². The zero-order chi connectivity index (χ0) is 23.8. The fourth-order valence-corrected chi connectivity index (χ4v) is 4.68. The van der Waals surface area contributed by atoms with Gasteiger partial charge in [0.25, 0.3) is 0 Å². The number of nitrogens with zero attached hydrogens (tertiary/aromatic N) is 3. The Morgan fingerprint density at radius 1 is 0.743 bits per heavy atom. The second-order valence-electron chi connectivity index (χ2n) is 8.70. The molecule has 35 heavy (non-hydrogen) atoms. The third kappa shape index (κ3) is 3.85. The standard InChI is InChI=1S/C30H25N3O2/c1-20-9-8-12-23-28-30(32-25-14-7-6-13-24(25)31-28)33(29(20)23)18-22-15-16-26(27(17-22)34-2)35-19-21-10-4-3-5-11-21/h3-17H,18-19H2,1-2H3. The molecule has 6 rings (SSSR count). The number of rotatable bonds is 6. The Morgan fingerprint density at radius 2 is 1.51 bits per heavy atom. The lowest BCUT2D eigenvalue weighted by Gasteiger charge is -2.14. The van der Waals surface area contributed by atoms with Crippen LogP contribution in [-0.4, -0.2) is 21.6 Å². The van der Waals surface area contributed by atoms with E-state index in [0.29, 0.717) is 18.9 Å². The maximum Gasteiger partial charge on any atom is 0.161 e. The maximum absolute atomic E-state index is 6.06. The molecular formula is C30H25N3O2. The van der Waals surface area contributed by atoms with Crippen LogP contribution in [0.4, 0.5) is 0 Å². The van der Waals surface area contributed by atoms with E-state index in [0.717, 1.165) is 50.0 Å². The molecule has 0 unspecified atom stereocenters. The van der Waals surface area contributed by atoms with Gasteiger partial charge in [-0.1, -0.05) is 66.7 Å². The van der Waals surface area contributed by atoms with Gasteiger partial charge in [0, 0.05) is 11.9 Å². The molecule has 2 heterocycles. The van der Waals surface area contributed by atoms with Gasteiger partial charge in [-0.3, -0.25) is 0 Å². The SMILES string of the molecule is COc1cc(Cn2c3nc4ccccc4nc3c3cccc(C)c32)ccc1OCc1ccccc1. The van der Waals surface area contributed by atoms with Crippen LogP contribution in [0.5, 0.6) is 11.5 Å².